The molecule has 0 aromatic heterocycles. The van der Waals surface area contributed by atoms with Gasteiger partial charge in [0.05, 0.1) is 5.02 Å². The van der Waals surface area contributed by atoms with Gasteiger partial charge >= 0.3 is 0 Å². The topological polar surface area (TPSA) is 74.3 Å². The van der Waals surface area contributed by atoms with Gasteiger partial charge in [-0.15, -0.1) is 0 Å². The fourth-order valence-corrected chi connectivity index (χ4v) is 1.62. The third-order valence-electron chi connectivity index (χ3n) is 2.05. The summed E-state index contributed by atoms with van der Waals surface area (Å²) >= 11 is 5.58. The Bertz CT molecular complexity index is 624. The van der Waals surface area contributed by atoms with Gasteiger partial charge in [0.25, 0.3) is 11.8 Å². The molecular weight excluding hydrogens is 235 g/mol. The lowest BCUT2D eigenvalue weighted by Gasteiger charge is -2.07. The molecule has 1 aromatic rings. The molecule has 6 heteroatoms. The normalized spacial score (nSPS) is 13.9. The second kappa shape index (κ2) is 3.61. The number of benzene rings is 1. The Morgan fingerprint density at radius 3 is 2.88 bits per heavy atom. The summed E-state index contributed by atoms with van der Waals surface area (Å²) in [5.74, 6) is -2.79. The van der Waals surface area contributed by atoms with Crippen molar-refractivity contribution in [2.45, 2.75) is 0 Å². The third kappa shape index (κ3) is 1.55. The predicted octanol–water partition coefficient (Wildman–Crippen LogP) is -1.20. The molecule has 0 spiro atoms. The molecule has 2 rings (SSSR count). The number of nitrogens with two attached hydrogens (primary N) is 1. The van der Waals surface area contributed by atoms with E-state index in [0.29, 0.717) is 0 Å². The number of nitrogens with zero attached hydrogens (tertiary/aromatic N) is 1. The van der Waals surface area contributed by atoms with Crippen molar-refractivity contribution in [2.24, 2.45) is 5.73 Å². The van der Waals surface area contributed by atoms with E-state index in [4.69, 9.17) is 17.3 Å². The number of amides is 2. The molecule has 0 fully saturated rings. The van der Waals surface area contributed by atoms with Crippen LogP contribution in [0.5, 0.6) is 0 Å². The summed E-state index contributed by atoms with van der Waals surface area (Å²) in [4.78, 5) is 22.3. The Morgan fingerprint density at radius 1 is 1.56 bits per heavy atom. The number of carbonyl (C=O) groups is 2. The van der Waals surface area contributed by atoms with E-state index in [-0.39, 0.29) is 15.5 Å². The first kappa shape index (κ1) is 10.6. The Kier molecular flexibility index (Phi) is 2.40. The quantitative estimate of drug-likeness (QED) is 0.667. The number of hydrogen-bond acceptors (Lipinski definition) is 2. The summed E-state index contributed by atoms with van der Waals surface area (Å²) in [6.07, 6.45) is 1.13. The van der Waals surface area contributed by atoms with E-state index in [9.17, 15) is 14.0 Å². The Labute approximate surface area is 94.2 Å². The Hall–Kier alpha value is -1.88. The van der Waals surface area contributed by atoms with E-state index in [1.165, 1.54) is 6.07 Å². The first-order valence-electron chi connectivity index (χ1n) is 4.17. The molecule has 2 N–H and O–H groups in total. The van der Waals surface area contributed by atoms with Crippen LogP contribution in [0.3, 0.4) is 0 Å². The van der Waals surface area contributed by atoms with Gasteiger partial charge in [0, 0.05) is 22.7 Å². The SMILES string of the molecule is NC(=O)C1=c2c(F)[c]c(Cl)cc2=C[N]C1=O. The zero-order valence-electron chi connectivity index (χ0n) is 7.75. The molecule has 0 atom stereocenters. The minimum Gasteiger partial charge on any atom is -0.365 e. The number of rotatable bonds is 1. The average molecular weight is 239 g/mol. The molecule has 1 aromatic carbocycles. The van der Waals surface area contributed by atoms with E-state index in [1.807, 2.05) is 0 Å². The summed E-state index contributed by atoms with van der Waals surface area (Å²) in [7, 11) is 0. The smallest absolute Gasteiger partial charge is 0.283 e. The van der Waals surface area contributed by atoms with E-state index in [1.54, 1.807) is 0 Å². The molecule has 80 valence electrons. The average Bonchev–Trinajstić information content (AvgIpc) is 2.18. The number of fused-ring (bicyclic) bond motifs is 1. The molecule has 1 aliphatic heterocycles. The van der Waals surface area contributed by atoms with Crippen LogP contribution >= 0.6 is 11.6 Å². The van der Waals surface area contributed by atoms with Crippen molar-refractivity contribution >= 4 is 35.2 Å². The summed E-state index contributed by atoms with van der Waals surface area (Å²) < 4.78 is 13.5. The lowest BCUT2D eigenvalue weighted by atomic mass is 10.1. The first-order valence-corrected chi connectivity index (χ1v) is 4.55. The molecule has 0 bridgehead atoms. The summed E-state index contributed by atoms with van der Waals surface area (Å²) in [6.45, 7) is 0. The van der Waals surface area contributed by atoms with Crippen molar-refractivity contribution in [3.63, 3.8) is 0 Å². The molecule has 4 nitrogen and oxygen atoms in total. The molecule has 1 aliphatic rings. The van der Waals surface area contributed by atoms with Gasteiger partial charge in [0.15, 0.2) is 0 Å². The monoisotopic (exact) mass is 238 g/mol. The van der Waals surface area contributed by atoms with E-state index < -0.39 is 23.2 Å². The van der Waals surface area contributed by atoms with Gasteiger partial charge in [-0.05, 0) is 6.07 Å². The molecule has 16 heavy (non-hydrogen) atoms. The summed E-state index contributed by atoms with van der Waals surface area (Å²) in [5.41, 5.74) is 4.51. The Morgan fingerprint density at radius 2 is 2.25 bits per heavy atom. The molecule has 2 radical (unpaired) electrons. The maximum absolute atomic E-state index is 13.5. The largest absolute Gasteiger partial charge is 0.365 e. The van der Waals surface area contributed by atoms with E-state index in [2.05, 4.69) is 11.4 Å². The summed E-state index contributed by atoms with van der Waals surface area (Å²) in [5, 5.41) is 3.48. The zero-order valence-corrected chi connectivity index (χ0v) is 8.51. The molecule has 2 amide bonds. The minimum absolute atomic E-state index is 0.0286. The fraction of sp³-hybridized carbons (Fsp3) is 0. The van der Waals surface area contributed by atoms with Crippen LogP contribution in [0, 0.1) is 11.9 Å². The van der Waals surface area contributed by atoms with E-state index >= 15 is 0 Å². The van der Waals surface area contributed by atoms with Gasteiger partial charge in [0.2, 0.25) is 0 Å². The van der Waals surface area contributed by atoms with Gasteiger partial charge in [-0.1, -0.05) is 11.6 Å². The second-order valence-corrected chi connectivity index (χ2v) is 3.47. The van der Waals surface area contributed by atoms with Crippen LogP contribution in [-0.4, -0.2) is 11.8 Å². The summed E-state index contributed by atoms with van der Waals surface area (Å²) in [6, 6.07) is 3.51. The van der Waals surface area contributed by atoms with Gasteiger partial charge in [-0.2, -0.15) is 0 Å². The van der Waals surface area contributed by atoms with Gasteiger partial charge < -0.3 is 5.73 Å². The number of carbonyl (C=O) groups excluding carboxylic acids is 2. The van der Waals surface area contributed by atoms with Crippen LogP contribution in [0.25, 0.3) is 11.8 Å². The third-order valence-corrected chi connectivity index (χ3v) is 2.25. The molecule has 0 saturated heterocycles. The highest BCUT2D eigenvalue weighted by atomic mass is 35.5. The highest BCUT2D eigenvalue weighted by Gasteiger charge is 2.22. The molecular formula is C10H4ClFN2O2. The van der Waals surface area contributed by atoms with Crippen molar-refractivity contribution in [2.75, 3.05) is 0 Å². The van der Waals surface area contributed by atoms with Crippen molar-refractivity contribution in [3.8, 4) is 0 Å². The lowest BCUT2D eigenvalue weighted by molar-refractivity contribution is -0.118. The lowest BCUT2D eigenvalue weighted by Crippen LogP contribution is -2.43. The van der Waals surface area contributed by atoms with Crippen molar-refractivity contribution in [1.82, 2.24) is 5.32 Å². The van der Waals surface area contributed by atoms with Crippen LogP contribution in [-0.2, 0) is 9.59 Å². The molecule has 0 aliphatic carbocycles. The highest BCUT2D eigenvalue weighted by molar-refractivity contribution is 6.40. The van der Waals surface area contributed by atoms with Gasteiger partial charge in [-0.3, -0.25) is 9.59 Å². The van der Waals surface area contributed by atoms with Crippen LogP contribution in [0.15, 0.2) is 6.07 Å². The van der Waals surface area contributed by atoms with Crippen molar-refractivity contribution in [1.29, 1.82) is 0 Å². The maximum atomic E-state index is 13.5. The number of halogens is 2. The second-order valence-electron chi connectivity index (χ2n) is 3.06. The molecule has 1 heterocycles. The maximum Gasteiger partial charge on any atom is 0.283 e. The van der Waals surface area contributed by atoms with Crippen LogP contribution in [0.4, 0.5) is 4.39 Å². The number of hydrogen-bond donors (Lipinski definition) is 1. The standard InChI is InChI=1S/C10H4ClFN2O2/c11-5-1-4-3-14-10(16)8(9(13)15)7(4)6(12)2-5/h1,3H,(H2,13,15). The first-order chi connectivity index (χ1) is 7.50. The van der Waals surface area contributed by atoms with Crippen LogP contribution in [0.1, 0.15) is 0 Å². The fourth-order valence-electron chi connectivity index (χ4n) is 1.42. The zero-order chi connectivity index (χ0) is 11.9. The predicted molar refractivity (Wildman–Crippen MR) is 53.7 cm³/mol. The van der Waals surface area contributed by atoms with E-state index in [0.717, 1.165) is 6.20 Å². The molecule has 0 unspecified atom stereocenters. The molecule has 0 saturated carbocycles. The van der Waals surface area contributed by atoms with Crippen LogP contribution in [0.2, 0.25) is 5.02 Å². The van der Waals surface area contributed by atoms with Gasteiger partial charge in [0.1, 0.15) is 11.4 Å². The van der Waals surface area contributed by atoms with Crippen LogP contribution < -0.4 is 21.5 Å². The Balaban J connectivity index is 3.01. The van der Waals surface area contributed by atoms with Crippen molar-refractivity contribution in [3.05, 3.63) is 33.4 Å². The minimum atomic E-state index is -1.03. The van der Waals surface area contributed by atoms with Crippen molar-refractivity contribution < 1.29 is 14.0 Å². The number of primary amides is 1. The highest BCUT2D eigenvalue weighted by Crippen LogP contribution is 2.05. The van der Waals surface area contributed by atoms with Gasteiger partial charge in [-0.25, -0.2) is 9.71 Å².